The van der Waals surface area contributed by atoms with Gasteiger partial charge in [-0.05, 0) is 58.4 Å². The summed E-state index contributed by atoms with van der Waals surface area (Å²) < 4.78 is 38.3. The van der Waals surface area contributed by atoms with Gasteiger partial charge in [-0.2, -0.15) is 0 Å². The molecule has 2 atom stereocenters. The largest absolute Gasteiger partial charge is 1.00 e. The van der Waals surface area contributed by atoms with Gasteiger partial charge in [-0.25, -0.2) is 13.6 Å². The first kappa shape index (κ1) is 27.9. The molecule has 1 aromatic carbocycles. The van der Waals surface area contributed by atoms with Crippen molar-refractivity contribution in [2.24, 2.45) is 5.92 Å². The first-order valence-corrected chi connectivity index (χ1v) is 12.0. The average molecular weight is 621 g/mol. The summed E-state index contributed by atoms with van der Waals surface area (Å²) in [4.78, 5) is 40.2. The third kappa shape index (κ3) is 5.11. The molecular formula is C25H28CsF2N3O5. The number of carbonyl (C=O) groups is 2. The van der Waals surface area contributed by atoms with Gasteiger partial charge in [0.15, 0.2) is 11.2 Å². The van der Waals surface area contributed by atoms with Crippen molar-refractivity contribution >= 4 is 28.7 Å². The van der Waals surface area contributed by atoms with Crippen LogP contribution in [0.2, 0.25) is 0 Å². The third-order valence-electron chi connectivity index (χ3n) is 7.07. The Morgan fingerprint density at radius 3 is 2.44 bits per heavy atom. The van der Waals surface area contributed by atoms with Crippen molar-refractivity contribution in [2.45, 2.75) is 64.1 Å². The molecule has 3 heterocycles. The van der Waals surface area contributed by atoms with Crippen LogP contribution in [0.4, 0.5) is 19.3 Å². The molecule has 1 saturated carbocycles. The van der Waals surface area contributed by atoms with E-state index in [0.717, 1.165) is 25.1 Å². The zero-order chi connectivity index (χ0) is 25.2. The van der Waals surface area contributed by atoms with Gasteiger partial charge in [-0.1, -0.05) is 0 Å². The monoisotopic (exact) mass is 621 g/mol. The second-order valence-electron chi connectivity index (χ2n) is 10.8. The molecule has 2 saturated heterocycles. The molecule has 36 heavy (non-hydrogen) atoms. The Balaban J connectivity index is 0.00000304. The van der Waals surface area contributed by atoms with Crippen LogP contribution in [-0.4, -0.2) is 52.8 Å². The number of benzene rings is 1. The number of carboxylic acid groups (broad SMARTS) is 1. The van der Waals surface area contributed by atoms with Crippen molar-refractivity contribution in [1.29, 1.82) is 0 Å². The van der Waals surface area contributed by atoms with Gasteiger partial charge < -0.3 is 29.0 Å². The Morgan fingerprint density at radius 2 is 1.83 bits per heavy atom. The van der Waals surface area contributed by atoms with Crippen molar-refractivity contribution in [1.82, 2.24) is 9.47 Å². The number of hydrogen-bond acceptors (Lipinski definition) is 6. The number of halogens is 2. The number of hydrogen-bond donors (Lipinski definition) is 0. The molecule has 8 nitrogen and oxygen atoms in total. The Labute approximate surface area is 266 Å². The van der Waals surface area contributed by atoms with Crippen LogP contribution in [0.15, 0.2) is 17.1 Å². The van der Waals surface area contributed by atoms with E-state index in [0.29, 0.717) is 25.9 Å². The average Bonchev–Trinajstić information content (AvgIpc) is 3.51. The van der Waals surface area contributed by atoms with Crippen LogP contribution in [0.5, 0.6) is 0 Å². The number of rotatable bonds is 3. The third-order valence-corrected chi connectivity index (χ3v) is 7.07. The Hall–Kier alpha value is -1.12. The minimum atomic E-state index is -1.68. The molecule has 0 bridgehead atoms. The van der Waals surface area contributed by atoms with E-state index in [2.05, 4.69) is 0 Å². The topological polar surface area (TPSA) is 94.9 Å². The van der Waals surface area contributed by atoms with Crippen LogP contribution >= 0.6 is 0 Å². The number of aromatic carboxylic acids is 1. The van der Waals surface area contributed by atoms with Gasteiger partial charge in [0, 0.05) is 31.9 Å². The van der Waals surface area contributed by atoms with E-state index < -0.39 is 40.3 Å². The van der Waals surface area contributed by atoms with E-state index in [4.69, 9.17) is 4.74 Å². The Kier molecular flexibility index (Phi) is 7.92. The summed E-state index contributed by atoms with van der Waals surface area (Å²) in [5.74, 6) is -3.48. The molecule has 188 valence electrons. The van der Waals surface area contributed by atoms with E-state index in [-0.39, 0.29) is 110 Å². The van der Waals surface area contributed by atoms with Gasteiger partial charge in [0.1, 0.15) is 17.1 Å². The van der Waals surface area contributed by atoms with E-state index >= 15 is 8.78 Å². The van der Waals surface area contributed by atoms with Crippen LogP contribution in [0.1, 0.15) is 62.9 Å². The molecule has 1 amide bonds. The minimum absolute atomic E-state index is 0. The van der Waals surface area contributed by atoms with Crippen molar-refractivity contribution in [3.63, 3.8) is 0 Å². The number of aromatic nitrogens is 1. The van der Waals surface area contributed by atoms with Gasteiger partial charge in [-0.15, -0.1) is 0 Å². The van der Waals surface area contributed by atoms with Crippen LogP contribution in [-0.2, 0) is 4.74 Å². The fourth-order valence-corrected chi connectivity index (χ4v) is 5.42. The second-order valence-corrected chi connectivity index (χ2v) is 10.8. The molecule has 0 spiro atoms. The van der Waals surface area contributed by atoms with Crippen LogP contribution in [0.25, 0.3) is 10.9 Å². The summed E-state index contributed by atoms with van der Waals surface area (Å²) in [5.41, 5.74) is -2.59. The van der Waals surface area contributed by atoms with Crippen LogP contribution in [0, 0.1) is 17.6 Å². The van der Waals surface area contributed by atoms with E-state index in [1.165, 1.54) is 4.57 Å². The van der Waals surface area contributed by atoms with Gasteiger partial charge in [-0.3, -0.25) is 4.79 Å². The number of nitrogens with zero attached hydrogens (tertiary/aromatic N) is 3. The predicted octanol–water partition coefficient (Wildman–Crippen LogP) is -0.182. The molecule has 1 aromatic heterocycles. The summed E-state index contributed by atoms with van der Waals surface area (Å²) in [6, 6.07) is 0.515. The SMILES string of the molecule is CC(C)(C)OC(=O)N1CCCC2CN(c3c(F)cc4c(=O)c(C(=O)[O-])cn(C5CC5)c4c3F)CC21.[Cs+]. The number of piperidine rings is 1. The number of pyridine rings is 1. The van der Waals surface area contributed by atoms with E-state index in [9.17, 15) is 19.5 Å². The van der Waals surface area contributed by atoms with Gasteiger partial charge in [0.05, 0.1) is 28.5 Å². The summed E-state index contributed by atoms with van der Waals surface area (Å²) in [7, 11) is 0. The van der Waals surface area contributed by atoms with Crippen LogP contribution < -0.4 is 84.3 Å². The second kappa shape index (κ2) is 10.2. The molecule has 5 rings (SSSR count). The van der Waals surface area contributed by atoms with Gasteiger partial charge in [0.25, 0.3) is 0 Å². The quantitative estimate of drug-likeness (QED) is 0.473. The summed E-state index contributed by atoms with van der Waals surface area (Å²) in [6.45, 7) is 6.47. The first-order chi connectivity index (χ1) is 16.5. The first-order valence-electron chi connectivity index (χ1n) is 12.0. The molecule has 0 radical (unpaired) electrons. The van der Waals surface area contributed by atoms with Gasteiger partial charge in [0.2, 0.25) is 0 Å². The fraction of sp³-hybridized carbons (Fsp3) is 0.560. The van der Waals surface area contributed by atoms with E-state index in [1.807, 2.05) is 0 Å². The van der Waals surface area contributed by atoms with Crippen molar-refractivity contribution < 1.29 is 97.1 Å². The molecule has 1 aliphatic carbocycles. The standard InChI is InChI=1S/C25H29F2N3O5.Cs/c1-25(2,3)35-24(34)29-8-4-5-13-10-28(12-18(13)29)21-17(26)9-15-20(19(21)27)30(14-6-7-14)11-16(22(15)31)23(32)33;/h9,11,13-14,18H,4-8,10,12H2,1-3H3,(H,32,33);/q;+1/p-1. The molecule has 2 aliphatic heterocycles. The number of fused-ring (bicyclic) bond motifs is 2. The normalized spacial score (nSPS) is 21.8. The number of ether oxygens (including phenoxy) is 1. The van der Waals surface area contributed by atoms with Crippen molar-refractivity contribution in [3.8, 4) is 0 Å². The maximum absolute atomic E-state index is 16.0. The zero-order valence-corrected chi connectivity index (χ0v) is 27.3. The number of likely N-dealkylation sites (tertiary alicyclic amines) is 1. The maximum atomic E-state index is 16.0. The fourth-order valence-electron chi connectivity index (χ4n) is 5.42. The summed E-state index contributed by atoms with van der Waals surface area (Å²) in [5, 5.41) is 11.1. The molecule has 0 N–H and O–H groups in total. The predicted molar refractivity (Wildman–Crippen MR) is 122 cm³/mol. The summed E-state index contributed by atoms with van der Waals surface area (Å²) >= 11 is 0. The number of anilines is 1. The molecule has 3 aliphatic rings. The van der Waals surface area contributed by atoms with E-state index in [1.54, 1.807) is 30.6 Å². The van der Waals surface area contributed by atoms with Gasteiger partial charge >= 0.3 is 75.0 Å². The Bertz CT molecular complexity index is 1290. The minimum Gasteiger partial charge on any atom is -0.545 e. The number of carboxylic acids is 1. The smallest absolute Gasteiger partial charge is 0.545 e. The van der Waals surface area contributed by atoms with Crippen molar-refractivity contribution in [3.05, 3.63) is 39.7 Å². The number of carbonyl (C=O) groups excluding carboxylic acids is 2. The maximum Gasteiger partial charge on any atom is 1.00 e. The number of amides is 1. The molecule has 2 aromatic rings. The molecular weight excluding hydrogens is 593 g/mol. The van der Waals surface area contributed by atoms with Crippen LogP contribution in [0.3, 0.4) is 0 Å². The zero-order valence-electron chi connectivity index (χ0n) is 21.0. The molecule has 11 heteroatoms. The molecule has 3 fully saturated rings. The van der Waals surface area contributed by atoms with Crippen molar-refractivity contribution in [2.75, 3.05) is 24.5 Å². The summed E-state index contributed by atoms with van der Waals surface area (Å²) in [6.07, 6.45) is 3.66. The Morgan fingerprint density at radius 1 is 1.14 bits per heavy atom. The molecule has 2 unspecified atom stereocenters.